The second-order valence-corrected chi connectivity index (χ2v) is 7.02. The van der Waals surface area contributed by atoms with Crippen LogP contribution in [0.2, 0.25) is 0 Å². The molecule has 1 aromatic carbocycles. The number of hydrogen-bond acceptors (Lipinski definition) is 3. The van der Waals surface area contributed by atoms with Crippen molar-refractivity contribution in [1.82, 2.24) is 0 Å². The zero-order valence-corrected chi connectivity index (χ0v) is 16.4. The summed E-state index contributed by atoms with van der Waals surface area (Å²) in [5.74, 6) is -0.00582. The monoisotopic (exact) mass is 374 g/mol. The molecule has 0 spiro atoms. The Balaban J connectivity index is 1.87. The predicted molar refractivity (Wildman–Crippen MR) is 109 cm³/mol. The summed E-state index contributed by atoms with van der Waals surface area (Å²) in [7, 11) is 0. The highest BCUT2D eigenvalue weighted by Gasteiger charge is 2.14. The van der Waals surface area contributed by atoms with E-state index in [2.05, 4.69) is 13.5 Å². The van der Waals surface area contributed by atoms with Crippen LogP contribution in [0.3, 0.4) is 0 Å². The zero-order valence-electron chi connectivity index (χ0n) is 16.4. The summed E-state index contributed by atoms with van der Waals surface area (Å²) in [4.78, 5) is 12.2. The summed E-state index contributed by atoms with van der Waals surface area (Å²) in [6.45, 7) is 5.95. The Morgan fingerprint density at radius 3 is 2.41 bits per heavy atom. The van der Waals surface area contributed by atoms with Gasteiger partial charge in [0.25, 0.3) is 0 Å². The molecule has 0 atom stereocenters. The van der Waals surface area contributed by atoms with Gasteiger partial charge in [0.15, 0.2) is 11.6 Å². The second-order valence-electron chi connectivity index (χ2n) is 7.02. The molecule has 2 rings (SSSR count). The van der Waals surface area contributed by atoms with Crippen LogP contribution in [0, 0.1) is 5.82 Å². The molecule has 0 bridgehead atoms. The molecule has 1 aromatic heterocycles. The molecule has 2 aromatic rings. The maximum Gasteiger partial charge on any atom is 0.346 e. The van der Waals surface area contributed by atoms with Crippen molar-refractivity contribution in [3.8, 4) is 5.75 Å². The molecule has 0 unspecified atom stereocenters. The second kappa shape index (κ2) is 11.6. The Labute approximate surface area is 161 Å². The van der Waals surface area contributed by atoms with Gasteiger partial charge in [-0.3, -0.25) is 0 Å². The van der Waals surface area contributed by atoms with Crippen LogP contribution < -0.4 is 10.4 Å². The summed E-state index contributed by atoms with van der Waals surface area (Å²) >= 11 is 0. The van der Waals surface area contributed by atoms with E-state index in [1.807, 2.05) is 0 Å². The normalized spacial score (nSPS) is 11.0. The van der Waals surface area contributed by atoms with Crippen molar-refractivity contribution in [2.45, 2.75) is 71.1 Å². The third-order valence-corrected chi connectivity index (χ3v) is 4.77. The standard InChI is InChI=1S/C23H31FO3/c1-3-5-6-7-8-9-10-11-12-13-19-17-18-14-15-20(26-16-4-2)22(24)21(18)23(25)27-19/h4,14-15,17H,2-3,5-13,16H2,1H3. The number of aryl methyl sites for hydroxylation is 1. The van der Waals surface area contributed by atoms with Crippen LogP contribution in [0.25, 0.3) is 10.8 Å². The SMILES string of the molecule is C=CCOc1ccc2cc(CCCCCCCCCCC)oc(=O)c2c1F. The first-order valence-corrected chi connectivity index (χ1v) is 10.2. The minimum absolute atomic E-state index is 0.0430. The minimum Gasteiger partial charge on any atom is -0.486 e. The smallest absolute Gasteiger partial charge is 0.346 e. The number of benzene rings is 1. The van der Waals surface area contributed by atoms with E-state index in [-0.39, 0.29) is 17.7 Å². The Morgan fingerprint density at radius 1 is 1.07 bits per heavy atom. The molecule has 27 heavy (non-hydrogen) atoms. The lowest BCUT2D eigenvalue weighted by Gasteiger charge is -2.08. The van der Waals surface area contributed by atoms with Gasteiger partial charge in [-0.1, -0.05) is 77.0 Å². The van der Waals surface area contributed by atoms with Crippen molar-refractivity contribution in [1.29, 1.82) is 0 Å². The first-order valence-electron chi connectivity index (χ1n) is 10.2. The third kappa shape index (κ3) is 6.53. The van der Waals surface area contributed by atoms with Gasteiger partial charge in [-0.2, -0.15) is 0 Å². The summed E-state index contributed by atoms with van der Waals surface area (Å²) in [5, 5.41) is 0.507. The summed E-state index contributed by atoms with van der Waals surface area (Å²) < 4.78 is 25.0. The van der Waals surface area contributed by atoms with Crippen molar-refractivity contribution in [2.75, 3.05) is 6.61 Å². The molecule has 0 amide bonds. The van der Waals surface area contributed by atoms with Crippen LogP contribution in [0.1, 0.15) is 70.5 Å². The molecule has 0 radical (unpaired) electrons. The number of hydrogen-bond donors (Lipinski definition) is 0. The van der Waals surface area contributed by atoms with Gasteiger partial charge in [0.05, 0.1) is 0 Å². The number of fused-ring (bicyclic) bond motifs is 1. The number of rotatable bonds is 13. The fourth-order valence-corrected chi connectivity index (χ4v) is 3.27. The number of ether oxygens (including phenoxy) is 1. The summed E-state index contributed by atoms with van der Waals surface area (Å²) in [5.41, 5.74) is -0.639. The largest absolute Gasteiger partial charge is 0.486 e. The van der Waals surface area contributed by atoms with Crippen LogP contribution >= 0.6 is 0 Å². The van der Waals surface area contributed by atoms with E-state index in [4.69, 9.17) is 9.15 Å². The first kappa shape index (κ1) is 21.2. The van der Waals surface area contributed by atoms with Crippen molar-refractivity contribution in [3.63, 3.8) is 0 Å². The van der Waals surface area contributed by atoms with E-state index in [1.165, 1.54) is 51.0 Å². The quantitative estimate of drug-likeness (QED) is 0.294. The highest BCUT2D eigenvalue weighted by Crippen LogP contribution is 2.25. The Morgan fingerprint density at radius 2 is 1.74 bits per heavy atom. The molecule has 148 valence electrons. The van der Waals surface area contributed by atoms with Gasteiger partial charge in [0.1, 0.15) is 17.8 Å². The average molecular weight is 374 g/mol. The maximum absolute atomic E-state index is 14.5. The number of unbranched alkanes of at least 4 members (excludes halogenated alkanes) is 8. The molecular formula is C23H31FO3. The molecule has 0 N–H and O–H groups in total. The lowest BCUT2D eigenvalue weighted by Crippen LogP contribution is -2.06. The van der Waals surface area contributed by atoms with Crippen LogP contribution in [0.4, 0.5) is 4.39 Å². The highest BCUT2D eigenvalue weighted by atomic mass is 19.1. The average Bonchev–Trinajstić information content (AvgIpc) is 2.66. The third-order valence-electron chi connectivity index (χ3n) is 4.77. The van der Waals surface area contributed by atoms with Crippen molar-refractivity contribution in [2.24, 2.45) is 0 Å². The zero-order chi connectivity index (χ0) is 19.5. The lowest BCUT2D eigenvalue weighted by molar-refractivity contribution is 0.343. The molecule has 0 saturated carbocycles. The van der Waals surface area contributed by atoms with Gasteiger partial charge in [-0.05, 0) is 23.9 Å². The predicted octanol–water partition coefficient (Wildman–Crippen LogP) is 6.57. The van der Waals surface area contributed by atoms with Gasteiger partial charge in [-0.15, -0.1) is 0 Å². The summed E-state index contributed by atoms with van der Waals surface area (Å²) in [6.07, 6.45) is 13.4. The van der Waals surface area contributed by atoms with Gasteiger partial charge in [0.2, 0.25) is 0 Å². The van der Waals surface area contributed by atoms with Crippen LogP contribution in [-0.4, -0.2) is 6.61 Å². The van der Waals surface area contributed by atoms with Crippen LogP contribution in [0.15, 0.2) is 40.1 Å². The molecule has 0 aliphatic heterocycles. The van der Waals surface area contributed by atoms with E-state index >= 15 is 0 Å². The van der Waals surface area contributed by atoms with Gasteiger partial charge < -0.3 is 9.15 Å². The van der Waals surface area contributed by atoms with E-state index < -0.39 is 11.4 Å². The molecule has 4 heteroatoms. The fraction of sp³-hybridized carbons (Fsp3) is 0.522. The first-order chi connectivity index (χ1) is 13.2. The molecule has 0 fully saturated rings. The molecular weight excluding hydrogens is 343 g/mol. The molecule has 3 nitrogen and oxygen atoms in total. The van der Waals surface area contributed by atoms with Gasteiger partial charge >= 0.3 is 5.63 Å². The van der Waals surface area contributed by atoms with Crippen molar-refractivity contribution in [3.05, 3.63) is 52.9 Å². The lowest BCUT2D eigenvalue weighted by atomic mass is 10.1. The molecule has 0 aliphatic rings. The topological polar surface area (TPSA) is 39.4 Å². The Kier molecular flexibility index (Phi) is 9.09. The van der Waals surface area contributed by atoms with E-state index in [0.717, 1.165) is 12.8 Å². The van der Waals surface area contributed by atoms with Gasteiger partial charge in [-0.25, -0.2) is 9.18 Å². The van der Waals surface area contributed by atoms with Gasteiger partial charge in [0, 0.05) is 6.42 Å². The molecule has 1 heterocycles. The number of halogens is 1. The molecule has 0 aliphatic carbocycles. The molecule has 0 saturated heterocycles. The summed E-state index contributed by atoms with van der Waals surface area (Å²) in [6, 6.07) is 5.01. The fourth-order valence-electron chi connectivity index (χ4n) is 3.27. The minimum atomic E-state index is -0.669. The highest BCUT2D eigenvalue weighted by molar-refractivity contribution is 5.83. The Bertz CT molecular complexity index is 779. The van der Waals surface area contributed by atoms with E-state index in [1.54, 1.807) is 18.2 Å². The maximum atomic E-state index is 14.5. The Hall–Kier alpha value is -2.10. The van der Waals surface area contributed by atoms with Crippen LogP contribution in [-0.2, 0) is 6.42 Å². The van der Waals surface area contributed by atoms with Crippen molar-refractivity contribution < 1.29 is 13.5 Å². The van der Waals surface area contributed by atoms with E-state index in [0.29, 0.717) is 17.6 Å². The van der Waals surface area contributed by atoms with E-state index in [9.17, 15) is 9.18 Å². The van der Waals surface area contributed by atoms with Crippen LogP contribution in [0.5, 0.6) is 5.75 Å². The van der Waals surface area contributed by atoms with Crippen molar-refractivity contribution >= 4 is 10.8 Å².